The Morgan fingerprint density at radius 1 is 1.47 bits per heavy atom. The Bertz CT molecular complexity index is 228. The van der Waals surface area contributed by atoms with Crippen LogP contribution in [0.2, 0.25) is 0 Å². The first-order valence-electron chi connectivity index (χ1n) is 5.82. The molecule has 0 aromatic carbocycles. The van der Waals surface area contributed by atoms with Crippen molar-refractivity contribution < 1.29 is 0 Å². The van der Waals surface area contributed by atoms with Gasteiger partial charge in [-0.25, -0.2) is 0 Å². The van der Waals surface area contributed by atoms with E-state index in [0.717, 1.165) is 25.4 Å². The molecule has 0 radical (unpaired) electrons. The number of rotatable bonds is 7. The molecule has 1 aliphatic rings. The molecule has 1 aliphatic carbocycles. The zero-order valence-electron chi connectivity index (χ0n) is 9.87. The van der Waals surface area contributed by atoms with Gasteiger partial charge in [0.25, 0.3) is 0 Å². The lowest BCUT2D eigenvalue weighted by atomic mass is 10.1. The van der Waals surface area contributed by atoms with Gasteiger partial charge < -0.3 is 4.90 Å². The molecule has 0 unspecified atom stereocenters. The molecule has 1 rings (SSSR count). The lowest BCUT2D eigenvalue weighted by molar-refractivity contribution is 0.211. The molecule has 0 aliphatic heterocycles. The van der Waals surface area contributed by atoms with Crippen molar-refractivity contribution in [2.75, 3.05) is 25.4 Å². The summed E-state index contributed by atoms with van der Waals surface area (Å²) in [5.74, 6) is 1.67. The molecular formula is C12H22N2S. The minimum absolute atomic E-state index is 0.480. The minimum atomic E-state index is 0.480. The number of nitrogens with zero attached hydrogens (tertiary/aromatic N) is 2. The van der Waals surface area contributed by atoms with Gasteiger partial charge in [-0.1, -0.05) is 13.8 Å². The highest BCUT2D eigenvalue weighted by Crippen LogP contribution is 2.47. The standard InChI is InChI=1S/C12H22N2S/c1-11(2)8-14(7-3-6-13)9-12(10-15)4-5-12/h11,15H,3-5,7-10H2,1-2H3. The molecule has 0 aromatic rings. The third-order valence-electron chi connectivity index (χ3n) is 3.01. The van der Waals surface area contributed by atoms with Crippen molar-refractivity contribution >= 4 is 12.6 Å². The van der Waals surface area contributed by atoms with Crippen molar-refractivity contribution in [1.82, 2.24) is 4.90 Å². The van der Waals surface area contributed by atoms with E-state index in [-0.39, 0.29) is 0 Å². The molecule has 0 atom stereocenters. The first-order valence-corrected chi connectivity index (χ1v) is 6.45. The van der Waals surface area contributed by atoms with Crippen molar-refractivity contribution in [2.24, 2.45) is 11.3 Å². The first kappa shape index (κ1) is 12.9. The average Bonchev–Trinajstić information content (AvgIpc) is 2.94. The molecule has 86 valence electrons. The second kappa shape index (κ2) is 5.77. The van der Waals surface area contributed by atoms with Crippen LogP contribution in [0, 0.1) is 22.7 Å². The van der Waals surface area contributed by atoms with E-state index in [1.807, 2.05) is 0 Å². The summed E-state index contributed by atoms with van der Waals surface area (Å²) < 4.78 is 0. The quantitative estimate of drug-likeness (QED) is 0.676. The summed E-state index contributed by atoms with van der Waals surface area (Å²) in [6, 6.07) is 2.23. The highest BCUT2D eigenvalue weighted by Gasteiger charge is 2.42. The largest absolute Gasteiger partial charge is 0.301 e. The normalized spacial score (nSPS) is 18.1. The van der Waals surface area contributed by atoms with Gasteiger partial charge >= 0.3 is 0 Å². The Balaban J connectivity index is 2.38. The molecule has 1 saturated carbocycles. The van der Waals surface area contributed by atoms with Crippen LogP contribution in [-0.2, 0) is 0 Å². The average molecular weight is 226 g/mol. The predicted molar refractivity (Wildman–Crippen MR) is 67.0 cm³/mol. The summed E-state index contributed by atoms with van der Waals surface area (Å²) in [5.41, 5.74) is 0.480. The van der Waals surface area contributed by atoms with Crippen LogP contribution in [0.1, 0.15) is 33.1 Å². The monoisotopic (exact) mass is 226 g/mol. The van der Waals surface area contributed by atoms with Crippen molar-refractivity contribution in [1.29, 1.82) is 5.26 Å². The zero-order valence-corrected chi connectivity index (χ0v) is 10.8. The second-order valence-electron chi connectivity index (χ2n) is 5.20. The Kier molecular flexibility index (Phi) is 4.95. The molecule has 0 aromatic heterocycles. The van der Waals surface area contributed by atoms with E-state index in [1.54, 1.807) is 0 Å². The fraction of sp³-hybridized carbons (Fsp3) is 0.917. The van der Waals surface area contributed by atoms with E-state index in [1.165, 1.54) is 12.8 Å². The number of hydrogen-bond acceptors (Lipinski definition) is 3. The summed E-state index contributed by atoms with van der Waals surface area (Å²) >= 11 is 4.43. The lowest BCUT2D eigenvalue weighted by Crippen LogP contribution is -2.35. The fourth-order valence-corrected chi connectivity index (χ4v) is 2.39. The highest BCUT2D eigenvalue weighted by molar-refractivity contribution is 7.80. The SMILES string of the molecule is CC(C)CN(CCC#N)CC1(CS)CC1. The van der Waals surface area contributed by atoms with Crippen LogP contribution in [0.5, 0.6) is 0 Å². The van der Waals surface area contributed by atoms with Crippen molar-refractivity contribution in [2.45, 2.75) is 33.1 Å². The topological polar surface area (TPSA) is 27.0 Å². The zero-order chi connectivity index (χ0) is 11.3. The maximum absolute atomic E-state index is 8.63. The van der Waals surface area contributed by atoms with Gasteiger partial charge in [0.15, 0.2) is 0 Å². The number of nitriles is 1. The van der Waals surface area contributed by atoms with E-state index in [9.17, 15) is 0 Å². The molecule has 1 fully saturated rings. The second-order valence-corrected chi connectivity index (χ2v) is 5.51. The molecule has 15 heavy (non-hydrogen) atoms. The van der Waals surface area contributed by atoms with Crippen LogP contribution >= 0.6 is 12.6 Å². The van der Waals surface area contributed by atoms with Gasteiger partial charge in [0, 0.05) is 26.1 Å². The summed E-state index contributed by atoms with van der Waals surface area (Å²) in [4.78, 5) is 2.44. The van der Waals surface area contributed by atoms with Gasteiger partial charge in [-0.2, -0.15) is 17.9 Å². The van der Waals surface area contributed by atoms with Crippen molar-refractivity contribution in [3.63, 3.8) is 0 Å². The van der Waals surface area contributed by atoms with E-state index in [0.29, 0.717) is 17.8 Å². The molecule has 0 spiro atoms. The smallest absolute Gasteiger partial charge is 0.0635 e. The van der Waals surface area contributed by atoms with Gasteiger partial charge in [0.2, 0.25) is 0 Å². The third-order valence-corrected chi connectivity index (χ3v) is 3.69. The Labute approximate surface area is 99.1 Å². The van der Waals surface area contributed by atoms with E-state index in [2.05, 4.69) is 37.4 Å². The van der Waals surface area contributed by atoms with Crippen molar-refractivity contribution in [3.8, 4) is 6.07 Å². The predicted octanol–water partition coefficient (Wildman–Crippen LogP) is 2.57. The maximum atomic E-state index is 8.63. The molecule has 0 amide bonds. The Morgan fingerprint density at radius 2 is 2.13 bits per heavy atom. The minimum Gasteiger partial charge on any atom is -0.301 e. The summed E-state index contributed by atoms with van der Waals surface area (Å²) in [7, 11) is 0. The van der Waals surface area contributed by atoms with E-state index >= 15 is 0 Å². The lowest BCUT2D eigenvalue weighted by Gasteiger charge is -2.27. The van der Waals surface area contributed by atoms with Crippen LogP contribution in [0.15, 0.2) is 0 Å². The van der Waals surface area contributed by atoms with Crippen molar-refractivity contribution in [3.05, 3.63) is 0 Å². The van der Waals surface area contributed by atoms with Crippen LogP contribution in [0.4, 0.5) is 0 Å². The van der Waals surface area contributed by atoms with Gasteiger partial charge in [0.1, 0.15) is 0 Å². The van der Waals surface area contributed by atoms with E-state index in [4.69, 9.17) is 5.26 Å². The maximum Gasteiger partial charge on any atom is 0.0635 e. The van der Waals surface area contributed by atoms with Gasteiger partial charge in [-0.3, -0.25) is 0 Å². The Hall–Kier alpha value is -0.200. The summed E-state index contributed by atoms with van der Waals surface area (Å²) in [6.45, 7) is 7.64. The molecule has 2 nitrogen and oxygen atoms in total. The van der Waals surface area contributed by atoms with Gasteiger partial charge in [-0.15, -0.1) is 0 Å². The van der Waals surface area contributed by atoms with Gasteiger partial charge in [0.05, 0.1) is 6.07 Å². The van der Waals surface area contributed by atoms with Crippen LogP contribution in [0.3, 0.4) is 0 Å². The van der Waals surface area contributed by atoms with Crippen LogP contribution in [0.25, 0.3) is 0 Å². The van der Waals surface area contributed by atoms with Crippen LogP contribution in [-0.4, -0.2) is 30.3 Å². The molecule has 0 saturated heterocycles. The van der Waals surface area contributed by atoms with E-state index < -0.39 is 0 Å². The highest BCUT2D eigenvalue weighted by atomic mass is 32.1. The molecule has 0 heterocycles. The number of hydrogen-bond donors (Lipinski definition) is 1. The summed E-state index contributed by atoms with van der Waals surface area (Å²) in [6.07, 6.45) is 3.28. The summed E-state index contributed by atoms with van der Waals surface area (Å²) in [5, 5.41) is 8.63. The van der Waals surface area contributed by atoms with Crippen LogP contribution < -0.4 is 0 Å². The first-order chi connectivity index (χ1) is 7.12. The molecule has 0 bridgehead atoms. The molecule has 0 N–H and O–H groups in total. The molecular weight excluding hydrogens is 204 g/mol. The molecule has 3 heteroatoms. The third kappa shape index (κ3) is 4.44. The van der Waals surface area contributed by atoms with Gasteiger partial charge in [-0.05, 0) is 29.9 Å². The fourth-order valence-electron chi connectivity index (χ4n) is 1.98. The Morgan fingerprint density at radius 3 is 2.53 bits per heavy atom. The number of thiol groups is 1.